The van der Waals surface area contributed by atoms with Crippen molar-refractivity contribution >= 4 is 58.3 Å². The quantitative estimate of drug-likeness (QED) is 0.133. The molecule has 3 aromatic rings. The van der Waals surface area contributed by atoms with Crippen LogP contribution in [0.2, 0.25) is 0 Å². The van der Waals surface area contributed by atoms with E-state index in [-0.39, 0.29) is 5.91 Å². The van der Waals surface area contributed by atoms with E-state index in [0.29, 0.717) is 39.4 Å². The maximum absolute atomic E-state index is 13.0. The number of amides is 1. The van der Waals surface area contributed by atoms with E-state index in [4.69, 9.17) is 36.3 Å². The molecule has 1 N–H and O–H groups in total. The average Bonchev–Trinajstić information content (AvgIpc) is 3.23. The maximum Gasteiger partial charge on any atom is 0.336 e. The van der Waals surface area contributed by atoms with E-state index < -0.39 is 11.9 Å². The Labute approximate surface area is 254 Å². The number of hydrogen-bond acceptors (Lipinski definition) is 8. The van der Waals surface area contributed by atoms with Crippen molar-refractivity contribution in [3.63, 3.8) is 0 Å². The third-order valence-corrected chi connectivity index (χ3v) is 7.21. The summed E-state index contributed by atoms with van der Waals surface area (Å²) in [4.78, 5) is 36.3. The second kappa shape index (κ2) is 15.6. The van der Waals surface area contributed by atoms with E-state index in [0.717, 1.165) is 29.2 Å². The van der Waals surface area contributed by atoms with Crippen LogP contribution in [0.3, 0.4) is 0 Å². The van der Waals surface area contributed by atoms with Gasteiger partial charge in [0, 0.05) is 19.5 Å². The normalized spacial score (nSPS) is 13.6. The lowest BCUT2D eigenvalue weighted by Gasteiger charge is -2.15. The summed E-state index contributed by atoms with van der Waals surface area (Å²) in [5.41, 5.74) is 3.89. The molecule has 0 bridgehead atoms. The zero-order valence-corrected chi connectivity index (χ0v) is 25.3. The van der Waals surface area contributed by atoms with Crippen LogP contribution in [-0.2, 0) is 20.8 Å². The van der Waals surface area contributed by atoms with Gasteiger partial charge in [-0.1, -0.05) is 72.0 Å². The lowest BCUT2D eigenvalue weighted by atomic mass is 10.1. The van der Waals surface area contributed by atoms with Crippen molar-refractivity contribution in [1.82, 2.24) is 4.90 Å². The van der Waals surface area contributed by atoms with E-state index in [9.17, 15) is 9.59 Å². The first-order valence-electron chi connectivity index (χ1n) is 12.8. The number of carboxylic acids is 1. The van der Waals surface area contributed by atoms with Gasteiger partial charge in [0.2, 0.25) is 0 Å². The molecule has 4 rings (SSSR count). The molecule has 0 spiro atoms. The number of aliphatic carboxylic acids is 1. The molecule has 0 aromatic heterocycles. The number of methoxy groups -OCH3 is 2. The minimum absolute atomic E-state index is 0.128. The number of carboxylic acid groups (broad SMARTS) is 1. The summed E-state index contributed by atoms with van der Waals surface area (Å²) >= 11 is 6.74. The lowest BCUT2D eigenvalue weighted by molar-refractivity contribution is -0.134. The van der Waals surface area contributed by atoms with Gasteiger partial charge in [-0.05, 0) is 66.5 Å². The summed E-state index contributed by atoms with van der Waals surface area (Å²) in [5.74, 6) is 0.296. The number of carbonyl (C=O) groups excluding carboxylic acids is 2. The van der Waals surface area contributed by atoms with Crippen LogP contribution in [0.15, 0.2) is 77.7 Å². The van der Waals surface area contributed by atoms with Crippen LogP contribution in [0.1, 0.15) is 29.2 Å². The van der Waals surface area contributed by atoms with Crippen LogP contribution in [0.25, 0.3) is 12.2 Å². The van der Waals surface area contributed by atoms with Gasteiger partial charge in [-0.15, -0.1) is 0 Å². The number of rotatable bonds is 9. The van der Waals surface area contributed by atoms with Gasteiger partial charge in [-0.3, -0.25) is 14.5 Å². The van der Waals surface area contributed by atoms with Crippen LogP contribution in [0.4, 0.5) is 0 Å². The van der Waals surface area contributed by atoms with Crippen molar-refractivity contribution in [2.45, 2.75) is 20.3 Å². The molecule has 3 aromatic carbocycles. The van der Waals surface area contributed by atoms with Crippen molar-refractivity contribution in [3.05, 3.63) is 100.0 Å². The fourth-order valence-corrected chi connectivity index (χ4v) is 5.05. The number of hydrogen-bond donors (Lipinski definition) is 1. The fourth-order valence-electron chi connectivity index (χ4n) is 3.75. The van der Waals surface area contributed by atoms with E-state index in [1.165, 1.54) is 17.8 Å². The predicted molar refractivity (Wildman–Crippen MR) is 169 cm³/mol. The molecule has 1 heterocycles. The molecular formula is C32H31NO7S2. The number of esters is 1. The Bertz CT molecular complexity index is 1490. The van der Waals surface area contributed by atoms with Crippen molar-refractivity contribution in [2.75, 3.05) is 20.8 Å². The lowest BCUT2D eigenvalue weighted by Crippen LogP contribution is -2.30. The summed E-state index contributed by atoms with van der Waals surface area (Å²) < 4.78 is 16.5. The van der Waals surface area contributed by atoms with E-state index >= 15 is 0 Å². The maximum atomic E-state index is 13.0. The molecule has 42 heavy (non-hydrogen) atoms. The molecular weight excluding hydrogens is 574 g/mol. The van der Waals surface area contributed by atoms with Crippen LogP contribution < -0.4 is 14.2 Å². The highest BCUT2D eigenvalue weighted by Gasteiger charge is 2.31. The molecule has 1 amide bonds. The fraction of sp³-hybridized carbons (Fsp3) is 0.188. The summed E-state index contributed by atoms with van der Waals surface area (Å²) in [6.45, 7) is 3.55. The monoisotopic (exact) mass is 605 g/mol. The van der Waals surface area contributed by atoms with Gasteiger partial charge < -0.3 is 19.3 Å². The molecule has 0 radical (unpaired) electrons. The standard InChI is InChI=1S/C30H27NO5S2.C2H4O2/c1-20-4-6-21(7-5-20)11-15-28(32)36-24-12-8-22(9-13-24)19-27-29(33)31(30(37)38-27)17-16-23-10-14-25(34-2)26(18-23)35-3;1-2(3)4/h4-15,18-19H,16-17H2,1-3H3;1H3,(H,3,4). The summed E-state index contributed by atoms with van der Waals surface area (Å²) in [6.07, 6.45) is 5.52. The van der Waals surface area contributed by atoms with Gasteiger partial charge in [0.25, 0.3) is 11.9 Å². The minimum atomic E-state index is -0.833. The first-order valence-corrected chi connectivity index (χ1v) is 14.0. The van der Waals surface area contributed by atoms with Crippen LogP contribution in [-0.4, -0.2) is 52.9 Å². The molecule has 1 fully saturated rings. The van der Waals surface area contributed by atoms with Gasteiger partial charge in [0.15, 0.2) is 11.5 Å². The summed E-state index contributed by atoms with van der Waals surface area (Å²) in [7, 11) is 3.18. The number of ether oxygens (including phenoxy) is 3. The molecule has 0 saturated carbocycles. The Balaban J connectivity index is 0.00000114. The van der Waals surface area contributed by atoms with Gasteiger partial charge >= 0.3 is 5.97 Å². The molecule has 1 aliphatic rings. The zero-order valence-electron chi connectivity index (χ0n) is 23.7. The Morgan fingerprint density at radius 2 is 1.57 bits per heavy atom. The Morgan fingerprint density at radius 3 is 2.19 bits per heavy atom. The van der Waals surface area contributed by atoms with Crippen LogP contribution in [0, 0.1) is 6.92 Å². The molecule has 1 saturated heterocycles. The summed E-state index contributed by atoms with van der Waals surface area (Å²) in [5, 5.41) is 7.42. The Kier molecular flexibility index (Phi) is 11.9. The van der Waals surface area contributed by atoms with E-state index in [1.54, 1.807) is 55.5 Å². The second-order valence-electron chi connectivity index (χ2n) is 9.03. The summed E-state index contributed by atoms with van der Waals surface area (Å²) in [6, 6.07) is 20.5. The second-order valence-corrected chi connectivity index (χ2v) is 10.7. The van der Waals surface area contributed by atoms with Gasteiger partial charge in [0.1, 0.15) is 10.1 Å². The zero-order chi connectivity index (χ0) is 30.6. The average molecular weight is 606 g/mol. The third kappa shape index (κ3) is 9.60. The first-order chi connectivity index (χ1) is 20.1. The van der Waals surface area contributed by atoms with Crippen molar-refractivity contribution in [1.29, 1.82) is 0 Å². The van der Waals surface area contributed by atoms with Gasteiger partial charge in [-0.25, -0.2) is 4.79 Å². The molecule has 10 heteroatoms. The third-order valence-electron chi connectivity index (χ3n) is 5.83. The Hall–Kier alpha value is -4.41. The molecule has 1 aliphatic heterocycles. The van der Waals surface area contributed by atoms with Gasteiger partial charge in [0.05, 0.1) is 19.1 Å². The number of carbonyl (C=O) groups is 3. The van der Waals surface area contributed by atoms with Crippen molar-refractivity contribution in [2.24, 2.45) is 0 Å². The number of nitrogens with zero attached hydrogens (tertiary/aromatic N) is 1. The minimum Gasteiger partial charge on any atom is -0.493 e. The number of thiocarbonyl (C=S) groups is 1. The van der Waals surface area contributed by atoms with Gasteiger partial charge in [-0.2, -0.15) is 0 Å². The highest BCUT2D eigenvalue weighted by atomic mass is 32.2. The largest absolute Gasteiger partial charge is 0.493 e. The molecule has 218 valence electrons. The Morgan fingerprint density at radius 1 is 0.952 bits per heavy atom. The highest BCUT2D eigenvalue weighted by molar-refractivity contribution is 8.26. The van der Waals surface area contributed by atoms with E-state index in [1.807, 2.05) is 49.4 Å². The molecule has 0 aliphatic carbocycles. The van der Waals surface area contributed by atoms with Crippen LogP contribution in [0.5, 0.6) is 17.2 Å². The number of aryl methyl sites for hydroxylation is 1. The number of thioether (sulfide) groups is 1. The molecule has 0 atom stereocenters. The van der Waals surface area contributed by atoms with Crippen molar-refractivity contribution < 1.29 is 33.7 Å². The highest BCUT2D eigenvalue weighted by Crippen LogP contribution is 2.33. The topological polar surface area (TPSA) is 102 Å². The van der Waals surface area contributed by atoms with E-state index in [2.05, 4.69) is 0 Å². The smallest absolute Gasteiger partial charge is 0.336 e. The first kappa shape index (κ1) is 32.1. The predicted octanol–water partition coefficient (Wildman–Crippen LogP) is 6.17. The molecule has 0 unspecified atom stereocenters. The molecule has 8 nitrogen and oxygen atoms in total. The van der Waals surface area contributed by atoms with Crippen LogP contribution >= 0.6 is 24.0 Å². The number of benzene rings is 3. The SMILES string of the molecule is CC(=O)O.COc1ccc(CCN2C(=O)C(=Cc3ccc(OC(=O)C=Cc4ccc(C)cc4)cc3)SC2=S)cc1OC. The van der Waals surface area contributed by atoms with Crippen molar-refractivity contribution in [3.8, 4) is 17.2 Å².